The lowest BCUT2D eigenvalue weighted by Gasteiger charge is -2.19. The second-order valence-corrected chi connectivity index (χ2v) is 5.29. The van der Waals surface area contributed by atoms with E-state index in [4.69, 9.17) is 14.2 Å². The van der Waals surface area contributed by atoms with E-state index in [2.05, 4.69) is 31.9 Å². The molecule has 18 heavy (non-hydrogen) atoms. The summed E-state index contributed by atoms with van der Waals surface area (Å²) in [5.41, 5.74) is 0.689. The number of ether oxygens (including phenoxy) is 3. The first kappa shape index (κ1) is 15.3. The molecule has 1 unspecified atom stereocenters. The molecule has 6 heteroatoms. The Labute approximate surface area is 123 Å². The van der Waals surface area contributed by atoms with E-state index in [9.17, 15) is 4.79 Å². The van der Waals surface area contributed by atoms with Crippen molar-refractivity contribution in [3.63, 3.8) is 0 Å². The van der Waals surface area contributed by atoms with Gasteiger partial charge >= 0.3 is 0 Å². The van der Waals surface area contributed by atoms with Gasteiger partial charge < -0.3 is 14.2 Å². The Kier molecular flexibility index (Phi) is 5.47. The third kappa shape index (κ3) is 2.80. The third-order valence-electron chi connectivity index (χ3n) is 2.42. The van der Waals surface area contributed by atoms with Crippen molar-refractivity contribution < 1.29 is 19.0 Å². The van der Waals surface area contributed by atoms with E-state index in [1.54, 1.807) is 6.07 Å². The highest BCUT2D eigenvalue weighted by Crippen LogP contribution is 2.48. The number of alkyl halides is 1. The van der Waals surface area contributed by atoms with Crippen molar-refractivity contribution in [1.82, 2.24) is 0 Å². The number of halogens is 2. The molecule has 0 spiro atoms. The summed E-state index contributed by atoms with van der Waals surface area (Å²) in [6, 6.07) is 1.78. The molecule has 1 aromatic carbocycles. The van der Waals surface area contributed by atoms with Crippen LogP contribution in [0, 0.1) is 0 Å². The van der Waals surface area contributed by atoms with Crippen molar-refractivity contribution in [3.05, 3.63) is 16.1 Å². The van der Waals surface area contributed by atoms with Crippen LogP contribution in [0.2, 0.25) is 0 Å². The van der Waals surface area contributed by atoms with Gasteiger partial charge in [-0.25, -0.2) is 0 Å². The summed E-state index contributed by atoms with van der Waals surface area (Å²) in [4.78, 5) is 11.0. The highest BCUT2D eigenvalue weighted by atomic mass is 79.9. The van der Waals surface area contributed by atoms with Gasteiger partial charge in [-0.05, 0) is 28.9 Å². The van der Waals surface area contributed by atoms with Crippen molar-refractivity contribution in [2.75, 3.05) is 21.3 Å². The normalized spacial score (nSPS) is 11.9. The largest absolute Gasteiger partial charge is 0.492 e. The lowest BCUT2D eigenvalue weighted by atomic mass is 10.1. The maximum atomic E-state index is 11.5. The van der Waals surface area contributed by atoms with E-state index in [1.807, 2.05) is 0 Å². The summed E-state index contributed by atoms with van der Waals surface area (Å²) in [5.74, 6) is 1.44. The molecule has 0 saturated carbocycles. The number of carbonyl (C=O) groups is 1. The van der Waals surface area contributed by atoms with Crippen molar-refractivity contribution >= 4 is 37.6 Å². The van der Waals surface area contributed by atoms with Crippen LogP contribution in [0.5, 0.6) is 17.2 Å². The van der Waals surface area contributed by atoms with E-state index in [0.29, 0.717) is 27.3 Å². The molecule has 0 aromatic heterocycles. The van der Waals surface area contributed by atoms with Gasteiger partial charge in [-0.2, -0.15) is 0 Å². The van der Waals surface area contributed by atoms with Crippen LogP contribution >= 0.6 is 31.9 Å². The summed E-state index contributed by atoms with van der Waals surface area (Å²) in [6.45, 7) is 1.50. The standard InChI is InChI=1S/C12H14Br2O4/c1-6(15)9(14)7-5-8(13)11(17-3)12(18-4)10(7)16-2/h5,9H,1-4H3. The smallest absolute Gasteiger partial charge is 0.204 e. The molecule has 0 aliphatic carbocycles. The lowest BCUT2D eigenvalue weighted by Crippen LogP contribution is -2.06. The molecular weight excluding hydrogens is 368 g/mol. The number of hydrogen-bond acceptors (Lipinski definition) is 4. The second-order valence-electron chi connectivity index (χ2n) is 3.52. The molecule has 1 aromatic rings. The molecule has 0 radical (unpaired) electrons. The first-order valence-electron chi connectivity index (χ1n) is 5.10. The summed E-state index contributed by atoms with van der Waals surface area (Å²) in [7, 11) is 4.58. The van der Waals surface area contributed by atoms with Crippen LogP contribution < -0.4 is 14.2 Å². The van der Waals surface area contributed by atoms with Gasteiger partial charge in [-0.15, -0.1) is 0 Å². The Balaban J connectivity index is 3.53. The minimum Gasteiger partial charge on any atom is -0.492 e. The van der Waals surface area contributed by atoms with Crippen molar-refractivity contribution in [3.8, 4) is 17.2 Å². The van der Waals surface area contributed by atoms with Gasteiger partial charge in [0.05, 0.1) is 25.8 Å². The SMILES string of the molecule is COc1c(Br)cc(C(Br)C(C)=O)c(OC)c1OC. The van der Waals surface area contributed by atoms with Crippen molar-refractivity contribution in [2.45, 2.75) is 11.8 Å². The quantitative estimate of drug-likeness (QED) is 0.732. The van der Waals surface area contributed by atoms with Gasteiger partial charge in [0, 0.05) is 5.56 Å². The minimum atomic E-state index is -0.455. The number of ketones is 1. The molecule has 0 N–H and O–H groups in total. The Bertz CT molecular complexity index is 460. The van der Waals surface area contributed by atoms with Gasteiger partial charge in [0.1, 0.15) is 10.6 Å². The Hall–Kier alpha value is -0.750. The van der Waals surface area contributed by atoms with Crippen molar-refractivity contribution in [1.29, 1.82) is 0 Å². The van der Waals surface area contributed by atoms with E-state index in [0.717, 1.165) is 0 Å². The van der Waals surface area contributed by atoms with E-state index < -0.39 is 4.83 Å². The fourth-order valence-electron chi connectivity index (χ4n) is 1.60. The molecule has 0 aliphatic heterocycles. The number of carbonyl (C=O) groups excluding carboxylic acids is 1. The van der Waals surface area contributed by atoms with Gasteiger partial charge in [0.25, 0.3) is 0 Å². The number of rotatable bonds is 5. The molecule has 0 saturated heterocycles. The first-order chi connectivity index (χ1) is 8.47. The molecule has 0 aliphatic rings. The molecule has 0 bridgehead atoms. The van der Waals surface area contributed by atoms with Crippen LogP contribution in [0.4, 0.5) is 0 Å². The summed E-state index contributed by atoms with van der Waals surface area (Å²) < 4.78 is 16.6. The third-order valence-corrected chi connectivity index (χ3v) is 4.14. The molecule has 0 fully saturated rings. The Morgan fingerprint density at radius 1 is 1.11 bits per heavy atom. The Morgan fingerprint density at radius 2 is 1.61 bits per heavy atom. The maximum absolute atomic E-state index is 11.5. The number of Topliss-reactive ketones (excluding diaryl/α,β-unsaturated/α-hetero) is 1. The van der Waals surface area contributed by atoms with E-state index in [1.165, 1.54) is 28.3 Å². The van der Waals surface area contributed by atoms with E-state index >= 15 is 0 Å². The molecule has 1 rings (SSSR count). The zero-order chi connectivity index (χ0) is 13.9. The van der Waals surface area contributed by atoms with Crippen LogP contribution in [-0.4, -0.2) is 27.1 Å². The van der Waals surface area contributed by atoms with Gasteiger partial charge in [-0.3, -0.25) is 4.79 Å². The number of benzene rings is 1. The highest BCUT2D eigenvalue weighted by molar-refractivity contribution is 9.10. The van der Waals surface area contributed by atoms with Crippen LogP contribution in [0.1, 0.15) is 17.3 Å². The fraction of sp³-hybridized carbons (Fsp3) is 0.417. The Morgan fingerprint density at radius 3 is 2.00 bits per heavy atom. The molecule has 1 atom stereocenters. The minimum absolute atomic E-state index is 0.0209. The number of hydrogen-bond donors (Lipinski definition) is 0. The molecular formula is C12H14Br2O4. The van der Waals surface area contributed by atoms with Crippen LogP contribution in [0.25, 0.3) is 0 Å². The second kappa shape index (κ2) is 6.43. The summed E-state index contributed by atoms with van der Waals surface area (Å²) in [5, 5.41) is 0. The molecule has 0 amide bonds. The molecule has 0 heterocycles. The monoisotopic (exact) mass is 380 g/mol. The van der Waals surface area contributed by atoms with Crippen LogP contribution in [0.15, 0.2) is 10.5 Å². The fourth-order valence-corrected chi connectivity index (χ4v) is 2.53. The van der Waals surface area contributed by atoms with Gasteiger partial charge in [0.15, 0.2) is 11.5 Å². The number of methoxy groups -OCH3 is 3. The van der Waals surface area contributed by atoms with Crippen molar-refractivity contribution in [2.24, 2.45) is 0 Å². The predicted molar refractivity (Wildman–Crippen MR) is 76.1 cm³/mol. The average Bonchev–Trinajstić information content (AvgIpc) is 2.35. The van der Waals surface area contributed by atoms with Crippen LogP contribution in [-0.2, 0) is 4.79 Å². The maximum Gasteiger partial charge on any atom is 0.204 e. The topological polar surface area (TPSA) is 44.8 Å². The summed E-state index contributed by atoms with van der Waals surface area (Å²) in [6.07, 6.45) is 0. The predicted octanol–water partition coefficient (Wildman–Crippen LogP) is 3.50. The summed E-state index contributed by atoms with van der Waals surface area (Å²) >= 11 is 6.73. The first-order valence-corrected chi connectivity index (χ1v) is 6.81. The zero-order valence-corrected chi connectivity index (χ0v) is 13.7. The van der Waals surface area contributed by atoms with Crippen LogP contribution in [0.3, 0.4) is 0 Å². The van der Waals surface area contributed by atoms with E-state index in [-0.39, 0.29) is 5.78 Å². The lowest BCUT2D eigenvalue weighted by molar-refractivity contribution is -0.116. The average molecular weight is 382 g/mol. The molecule has 100 valence electrons. The zero-order valence-electron chi connectivity index (χ0n) is 10.5. The van der Waals surface area contributed by atoms with Gasteiger partial charge in [-0.1, -0.05) is 15.9 Å². The van der Waals surface area contributed by atoms with Gasteiger partial charge in [0.2, 0.25) is 5.75 Å². The molecule has 4 nitrogen and oxygen atoms in total. The highest BCUT2D eigenvalue weighted by Gasteiger charge is 2.25.